The van der Waals surface area contributed by atoms with Crippen LogP contribution in [0.15, 0.2) is 0 Å². The smallest absolute Gasteiger partial charge is 0.650 e. The Hall–Kier alpha value is 0.488. The molecule has 1 rings (SSSR count). The minimum atomic E-state index is 0. The molecular weight excluding hydrogens is 391 g/mol. The molecule has 1 heterocycles. The zero-order valence-electron chi connectivity index (χ0n) is 9.62. The topological polar surface area (TPSA) is 66.6 Å². The third-order valence-corrected chi connectivity index (χ3v) is 2.08. The number of rotatable bonds is 0. The molecule has 0 aromatic heterocycles. The number of hydrogen-bond donors (Lipinski definition) is 0. The van der Waals surface area contributed by atoms with Crippen molar-refractivity contribution in [3.63, 3.8) is 0 Å². The van der Waals surface area contributed by atoms with Gasteiger partial charge in [0.1, 0.15) is 26.4 Å². The van der Waals surface area contributed by atoms with Gasteiger partial charge in [0.05, 0.1) is 0 Å². The van der Waals surface area contributed by atoms with Gasteiger partial charge in [-0.1, -0.05) is 26.2 Å². The molecule has 0 bridgehead atoms. The number of aliphatic hydroxyl groups is 6. The second-order valence-electron chi connectivity index (χ2n) is 3.35. The molecule has 0 spiro atoms. The van der Waals surface area contributed by atoms with Crippen LogP contribution < -0.4 is 0 Å². The van der Waals surface area contributed by atoms with E-state index in [1.54, 1.807) is 0 Å². The maximum Gasteiger partial charge on any atom is 2.00 e. The van der Waals surface area contributed by atoms with Crippen LogP contribution >= 0.6 is 0 Å². The van der Waals surface area contributed by atoms with Gasteiger partial charge in [-0.05, 0) is 0 Å². The first kappa shape index (κ1) is 16.5. The van der Waals surface area contributed by atoms with Crippen LogP contribution in [0.3, 0.4) is 0 Å². The summed E-state index contributed by atoms with van der Waals surface area (Å²) < 4.78 is 13.0. The number of ether oxygens (including phenoxy) is 3. The van der Waals surface area contributed by atoms with Gasteiger partial charge in [-0.2, -0.15) is 0 Å². The van der Waals surface area contributed by atoms with E-state index in [0.29, 0.717) is 0 Å². The van der Waals surface area contributed by atoms with Gasteiger partial charge < -0.3 is 24.8 Å². The second kappa shape index (κ2) is 13.6. The molecule has 16 heavy (non-hydrogen) atoms. The van der Waals surface area contributed by atoms with E-state index in [4.69, 9.17) is 0 Å². The molecule has 5 nitrogen and oxygen atoms in total. The van der Waals surface area contributed by atoms with E-state index >= 15 is 0 Å². The maximum atomic E-state index is 4.33. The standard InChI is InChI=1S/C10H20N2O3.Pt/c1-5-13-6-2-12-4-8-15-10-9-14-7-3-11-1;/h1-10H2;/q-2;+2/p+3. The molecule has 6 heteroatoms. The first-order chi connectivity index (χ1) is 7.50. The zero-order chi connectivity index (χ0) is 10.6. The predicted octanol–water partition coefficient (Wildman–Crippen LogP) is -0.671. The van der Waals surface area contributed by atoms with Gasteiger partial charge >= 0.3 is 21.1 Å². The first-order valence-electron chi connectivity index (χ1n) is 5.66. The van der Waals surface area contributed by atoms with Crippen LogP contribution in [0.4, 0.5) is 0 Å². The summed E-state index contributed by atoms with van der Waals surface area (Å²) in [4.78, 5) is 0. The van der Waals surface area contributed by atoms with E-state index in [1.165, 1.54) is 0 Å². The van der Waals surface area contributed by atoms with Gasteiger partial charge in [-0.3, -0.25) is 0 Å². The molecule has 0 aromatic rings. The van der Waals surface area contributed by atoms with Crippen LogP contribution in [-0.2, 0) is 21.1 Å². The summed E-state index contributed by atoms with van der Waals surface area (Å²) in [5.41, 5.74) is 0. The molecule has 1 fully saturated rings. The molecule has 0 aliphatic carbocycles. The molecule has 1 aliphatic rings. The Balaban J connectivity index is 0.00000225. The Labute approximate surface area is 112 Å². The normalized spacial score (nSPS) is 22.5. The van der Waals surface area contributed by atoms with Crippen molar-refractivity contribution in [1.29, 1.82) is 0 Å². The van der Waals surface area contributed by atoms with Crippen LogP contribution in [0.25, 0.3) is 10.6 Å². The summed E-state index contributed by atoms with van der Waals surface area (Å²) >= 11 is 0. The Morgan fingerprint density at radius 1 is 0.500 bits per heavy atom. The van der Waals surface area contributed by atoms with Crippen LogP contribution in [-0.4, -0.2) is 80.0 Å². The molecule has 1 saturated heterocycles. The van der Waals surface area contributed by atoms with Gasteiger partial charge in [0.25, 0.3) is 0 Å². The van der Waals surface area contributed by atoms with Crippen molar-refractivity contribution in [2.45, 2.75) is 0 Å². The molecule has 0 unspecified atom stereocenters. The molecule has 0 atom stereocenters. The summed E-state index contributed by atoms with van der Waals surface area (Å²) in [6.45, 7) is 8.33. The van der Waals surface area contributed by atoms with E-state index in [1.807, 2.05) is 0 Å². The van der Waals surface area contributed by atoms with Gasteiger partial charge in [0.2, 0.25) is 13.2 Å². The fraction of sp³-hybridized carbons (Fsp3) is 1.00. The largest absolute Gasteiger partial charge is 2.00 e. The van der Waals surface area contributed by atoms with Gasteiger partial charge in [-0.25, -0.2) is 0 Å². The van der Waals surface area contributed by atoms with Crippen LogP contribution in [0.1, 0.15) is 0 Å². The zero-order valence-corrected chi connectivity index (χ0v) is 11.9. The van der Waals surface area contributed by atoms with Crippen LogP contribution in [0.5, 0.6) is 0 Å². The Morgan fingerprint density at radius 3 is 1.19 bits per heavy atom. The summed E-state index contributed by atoms with van der Waals surface area (Å²) in [6.07, 6.45) is 0. The average Bonchev–Trinajstić information content (AvgIpc) is 2.27. The molecule has 0 radical (unpaired) electrons. The third kappa shape index (κ3) is 11.0. The summed E-state index contributed by atoms with van der Waals surface area (Å²) in [5, 5.41) is 8.67. The Bertz CT molecular complexity index is 82.6. The first-order valence-corrected chi connectivity index (χ1v) is 5.66. The molecular formula is C10H23N2O3Pt+3. The molecule has 3 N–H and O–H groups in total. The van der Waals surface area contributed by atoms with Gasteiger partial charge in [0, 0.05) is 0 Å². The van der Waals surface area contributed by atoms with E-state index in [0.717, 1.165) is 65.8 Å². The Morgan fingerprint density at radius 2 is 0.812 bits per heavy atom. The van der Waals surface area contributed by atoms with E-state index in [2.05, 4.69) is 24.8 Å². The van der Waals surface area contributed by atoms with Crippen molar-refractivity contribution in [3.8, 4) is 0 Å². The monoisotopic (exact) mass is 414 g/mol. The fourth-order valence-electron chi connectivity index (χ4n) is 1.27. The van der Waals surface area contributed by atoms with Crippen LogP contribution in [0, 0.1) is 0 Å². The number of nitrogens with zero attached hydrogens (tertiary/aromatic N) is 2. The SMILES string of the molecule is C1C[OH+]CC[N-]CC[OH+]CC[OH+]CC[N-]1.[Pt+2]. The van der Waals surface area contributed by atoms with Crippen molar-refractivity contribution in [1.82, 2.24) is 0 Å². The molecule has 0 saturated carbocycles. The van der Waals surface area contributed by atoms with Gasteiger partial charge in [0.15, 0.2) is 0 Å². The van der Waals surface area contributed by atoms with E-state index in [9.17, 15) is 0 Å². The van der Waals surface area contributed by atoms with E-state index in [-0.39, 0.29) is 21.1 Å². The van der Waals surface area contributed by atoms with Crippen molar-refractivity contribution in [2.24, 2.45) is 0 Å². The molecule has 0 amide bonds. The Kier molecular flexibility index (Phi) is 14.0. The molecule has 1 aliphatic heterocycles. The molecule has 0 aromatic carbocycles. The summed E-state index contributed by atoms with van der Waals surface area (Å²) in [7, 11) is 0. The van der Waals surface area contributed by atoms with Crippen molar-refractivity contribution in [2.75, 3.05) is 65.8 Å². The van der Waals surface area contributed by atoms with E-state index < -0.39 is 0 Å². The average molecular weight is 414 g/mol. The minimum Gasteiger partial charge on any atom is -0.650 e. The fourth-order valence-corrected chi connectivity index (χ4v) is 1.27. The third-order valence-electron chi connectivity index (χ3n) is 2.08. The summed E-state index contributed by atoms with van der Waals surface area (Å²) in [5.74, 6) is 0. The summed E-state index contributed by atoms with van der Waals surface area (Å²) in [6, 6.07) is 0. The predicted molar refractivity (Wildman–Crippen MR) is 62.0 cm³/mol. The minimum absolute atomic E-state index is 0. The van der Waals surface area contributed by atoms with Crippen molar-refractivity contribution >= 4 is 0 Å². The quantitative estimate of drug-likeness (QED) is 0.472. The van der Waals surface area contributed by atoms with Crippen LogP contribution in [0.2, 0.25) is 0 Å². The number of hydrogen-bond acceptors (Lipinski definition) is 0. The van der Waals surface area contributed by atoms with Crippen molar-refractivity contribution < 1.29 is 35.3 Å². The molecule has 98 valence electrons. The maximum absolute atomic E-state index is 4.33. The van der Waals surface area contributed by atoms with Crippen molar-refractivity contribution in [3.05, 3.63) is 10.6 Å². The van der Waals surface area contributed by atoms with Gasteiger partial charge in [-0.15, -0.1) is 0 Å². The second-order valence-corrected chi connectivity index (χ2v) is 3.35.